The Kier molecular flexibility index (Phi) is 3.81. The van der Waals surface area contributed by atoms with Gasteiger partial charge in [0.2, 0.25) is 5.91 Å². The van der Waals surface area contributed by atoms with Crippen LogP contribution in [0.15, 0.2) is 60.7 Å². The lowest BCUT2D eigenvalue weighted by Gasteiger charge is -2.39. The van der Waals surface area contributed by atoms with E-state index in [1.807, 2.05) is 60.7 Å². The fourth-order valence-corrected chi connectivity index (χ4v) is 3.44. The summed E-state index contributed by atoms with van der Waals surface area (Å²) >= 11 is 0. The molecule has 1 aliphatic carbocycles. The van der Waals surface area contributed by atoms with Crippen molar-refractivity contribution in [3.8, 4) is 0 Å². The molecule has 0 aromatic heterocycles. The van der Waals surface area contributed by atoms with Gasteiger partial charge in [0.25, 0.3) is 5.91 Å². The Morgan fingerprint density at radius 2 is 1.54 bits per heavy atom. The van der Waals surface area contributed by atoms with Gasteiger partial charge < -0.3 is 10.2 Å². The van der Waals surface area contributed by atoms with E-state index >= 15 is 0 Å². The second kappa shape index (κ2) is 6.11. The van der Waals surface area contributed by atoms with Crippen LogP contribution in [0.2, 0.25) is 0 Å². The minimum atomic E-state index is -0.586. The molecule has 2 aromatic rings. The number of hydrogen-bond donors (Lipinski definition) is 1. The highest BCUT2D eigenvalue weighted by atomic mass is 16.2. The van der Waals surface area contributed by atoms with Gasteiger partial charge in [-0.15, -0.1) is 0 Å². The molecule has 1 saturated heterocycles. The zero-order chi connectivity index (χ0) is 16.5. The van der Waals surface area contributed by atoms with Crippen LogP contribution < -0.4 is 5.32 Å². The maximum absolute atomic E-state index is 13.1. The van der Waals surface area contributed by atoms with E-state index in [1.54, 1.807) is 4.90 Å². The second-order valence-corrected chi connectivity index (χ2v) is 6.59. The van der Waals surface area contributed by atoms with Gasteiger partial charge in [0.05, 0.1) is 0 Å². The van der Waals surface area contributed by atoms with Gasteiger partial charge in [-0.25, -0.2) is 0 Å². The molecule has 0 spiro atoms. The summed E-state index contributed by atoms with van der Waals surface area (Å²) in [6, 6.07) is 18.4. The van der Waals surface area contributed by atoms with Crippen LogP contribution in [0.25, 0.3) is 0 Å². The first kappa shape index (κ1) is 14.9. The molecule has 0 radical (unpaired) electrons. The normalized spacial score (nSPS) is 23.9. The van der Waals surface area contributed by atoms with Crippen LogP contribution in [-0.4, -0.2) is 22.8 Å². The summed E-state index contributed by atoms with van der Waals surface area (Å²) in [4.78, 5) is 27.6. The summed E-state index contributed by atoms with van der Waals surface area (Å²) in [7, 11) is 0. The number of carbonyl (C=O) groups excluding carboxylic acids is 2. The molecule has 4 rings (SSSR count). The highest BCUT2D eigenvalue weighted by Crippen LogP contribution is 2.39. The number of rotatable bonds is 4. The molecule has 1 heterocycles. The highest BCUT2D eigenvalue weighted by Gasteiger charge is 2.48. The van der Waals surface area contributed by atoms with Crippen LogP contribution in [0.4, 0.5) is 0 Å². The smallest absolute Gasteiger partial charge is 0.250 e. The monoisotopic (exact) mass is 320 g/mol. The third-order valence-electron chi connectivity index (χ3n) is 4.82. The van der Waals surface area contributed by atoms with Crippen LogP contribution >= 0.6 is 0 Å². The maximum Gasteiger partial charge on any atom is 0.250 e. The van der Waals surface area contributed by atoms with Gasteiger partial charge in [-0.05, 0) is 29.9 Å². The topological polar surface area (TPSA) is 49.4 Å². The summed E-state index contributed by atoms with van der Waals surface area (Å²) in [6.45, 7) is 0.484. The Morgan fingerprint density at radius 3 is 2.17 bits per heavy atom. The Hall–Kier alpha value is -2.62. The lowest BCUT2D eigenvalue weighted by molar-refractivity contribution is -0.151. The molecule has 1 aliphatic heterocycles. The van der Waals surface area contributed by atoms with Crippen LogP contribution in [0, 0.1) is 5.92 Å². The molecule has 2 amide bonds. The fourth-order valence-electron chi connectivity index (χ4n) is 3.44. The van der Waals surface area contributed by atoms with Crippen molar-refractivity contribution >= 4 is 11.8 Å². The van der Waals surface area contributed by atoms with Crippen molar-refractivity contribution in [2.24, 2.45) is 5.92 Å². The third-order valence-corrected chi connectivity index (χ3v) is 4.82. The molecule has 1 N–H and O–H groups in total. The van der Waals surface area contributed by atoms with Crippen LogP contribution in [0.5, 0.6) is 0 Å². The number of piperazine rings is 1. The third kappa shape index (κ3) is 2.80. The first-order valence-electron chi connectivity index (χ1n) is 8.44. The van der Waals surface area contributed by atoms with Gasteiger partial charge >= 0.3 is 0 Å². The van der Waals surface area contributed by atoms with E-state index in [2.05, 4.69) is 5.32 Å². The standard InChI is InChI=1S/C20H20N2O2/c23-19-18(16-11-12-16)22(13-14-7-3-1-4-8-14)20(24)17(21-19)15-9-5-2-6-10-15/h1-10,16-18H,11-13H2,(H,21,23). The van der Waals surface area contributed by atoms with E-state index in [4.69, 9.17) is 0 Å². The Labute approximate surface area is 141 Å². The van der Waals surface area contributed by atoms with Gasteiger partial charge in [-0.2, -0.15) is 0 Å². The van der Waals surface area contributed by atoms with Crippen molar-refractivity contribution in [3.63, 3.8) is 0 Å². The van der Waals surface area contributed by atoms with Crippen molar-refractivity contribution in [1.29, 1.82) is 0 Å². The SMILES string of the molecule is O=C1NC(c2ccccc2)C(=O)N(Cc2ccccc2)C1C1CC1. The molecule has 2 unspecified atom stereocenters. The molecule has 2 aliphatic rings. The zero-order valence-corrected chi connectivity index (χ0v) is 13.4. The van der Waals surface area contributed by atoms with Gasteiger partial charge in [0.1, 0.15) is 12.1 Å². The molecule has 2 aromatic carbocycles. The average molecular weight is 320 g/mol. The van der Waals surface area contributed by atoms with E-state index in [1.165, 1.54) is 0 Å². The fraction of sp³-hybridized carbons (Fsp3) is 0.300. The van der Waals surface area contributed by atoms with Gasteiger partial charge in [0.15, 0.2) is 0 Å². The minimum Gasteiger partial charge on any atom is -0.339 e. The summed E-state index contributed by atoms with van der Waals surface area (Å²) in [6.07, 6.45) is 2.04. The molecule has 2 fully saturated rings. The van der Waals surface area contributed by atoms with Crippen molar-refractivity contribution < 1.29 is 9.59 Å². The molecule has 1 saturated carbocycles. The van der Waals surface area contributed by atoms with Gasteiger partial charge in [-0.3, -0.25) is 9.59 Å². The van der Waals surface area contributed by atoms with Gasteiger partial charge in [0, 0.05) is 6.54 Å². The number of nitrogens with one attached hydrogen (secondary N) is 1. The molecule has 2 atom stereocenters. The second-order valence-electron chi connectivity index (χ2n) is 6.59. The molecular weight excluding hydrogens is 300 g/mol. The predicted octanol–water partition coefficient (Wildman–Crippen LogP) is 2.66. The van der Waals surface area contributed by atoms with Crippen LogP contribution in [-0.2, 0) is 16.1 Å². The largest absolute Gasteiger partial charge is 0.339 e. The Balaban J connectivity index is 1.66. The van der Waals surface area contributed by atoms with Crippen LogP contribution in [0.3, 0.4) is 0 Å². The number of amides is 2. The molecule has 4 heteroatoms. The number of hydrogen-bond acceptors (Lipinski definition) is 2. The summed E-state index contributed by atoms with van der Waals surface area (Å²) in [5.41, 5.74) is 1.89. The van der Waals surface area contributed by atoms with E-state index in [9.17, 15) is 9.59 Å². The molecule has 24 heavy (non-hydrogen) atoms. The Morgan fingerprint density at radius 1 is 0.917 bits per heavy atom. The number of carbonyl (C=O) groups is 2. The van der Waals surface area contributed by atoms with Crippen LogP contribution in [0.1, 0.15) is 30.0 Å². The highest BCUT2D eigenvalue weighted by molar-refractivity contribution is 5.97. The summed E-state index contributed by atoms with van der Waals surface area (Å²) < 4.78 is 0. The predicted molar refractivity (Wildman–Crippen MR) is 90.8 cm³/mol. The zero-order valence-electron chi connectivity index (χ0n) is 13.4. The average Bonchev–Trinajstić information content (AvgIpc) is 3.44. The quantitative estimate of drug-likeness (QED) is 0.941. The maximum atomic E-state index is 13.1. The number of benzene rings is 2. The lowest BCUT2D eigenvalue weighted by Crippen LogP contribution is -2.60. The van der Waals surface area contributed by atoms with Gasteiger partial charge in [-0.1, -0.05) is 60.7 Å². The molecule has 0 bridgehead atoms. The van der Waals surface area contributed by atoms with Crippen molar-refractivity contribution in [1.82, 2.24) is 10.2 Å². The van der Waals surface area contributed by atoms with Crippen molar-refractivity contribution in [2.75, 3.05) is 0 Å². The molecule has 4 nitrogen and oxygen atoms in total. The molecule has 122 valence electrons. The van der Waals surface area contributed by atoms with Crippen molar-refractivity contribution in [3.05, 3.63) is 71.8 Å². The minimum absolute atomic E-state index is 0.0125. The van der Waals surface area contributed by atoms with E-state index in [-0.39, 0.29) is 17.9 Å². The van der Waals surface area contributed by atoms with E-state index in [0.29, 0.717) is 12.5 Å². The van der Waals surface area contributed by atoms with E-state index in [0.717, 1.165) is 24.0 Å². The first-order valence-corrected chi connectivity index (χ1v) is 8.44. The molecular formula is C20H20N2O2. The summed E-state index contributed by atoms with van der Waals surface area (Å²) in [5.74, 6) is 0.262. The number of nitrogens with zero attached hydrogens (tertiary/aromatic N) is 1. The Bertz CT molecular complexity index is 741. The summed E-state index contributed by atoms with van der Waals surface area (Å²) in [5, 5.41) is 2.94. The lowest BCUT2D eigenvalue weighted by atomic mass is 9.97. The first-order chi connectivity index (χ1) is 11.7. The van der Waals surface area contributed by atoms with Crippen molar-refractivity contribution in [2.45, 2.75) is 31.5 Å². The van der Waals surface area contributed by atoms with E-state index < -0.39 is 6.04 Å².